The maximum Gasteiger partial charge on any atom is 0.220 e. The molecule has 0 aromatic carbocycles. The number of nitrogens with one attached hydrogen (secondary N) is 1. The van der Waals surface area contributed by atoms with E-state index in [9.17, 15) is 4.79 Å². The Morgan fingerprint density at radius 2 is 2.19 bits per heavy atom. The van der Waals surface area contributed by atoms with E-state index >= 15 is 0 Å². The number of rotatable bonds is 9. The van der Waals surface area contributed by atoms with Gasteiger partial charge in [-0.1, -0.05) is 34.6 Å². The Morgan fingerprint density at radius 3 is 2.93 bits per heavy atom. The summed E-state index contributed by atoms with van der Waals surface area (Å²) in [5, 5.41) is 9.98. The highest BCUT2D eigenvalue weighted by molar-refractivity contribution is 9.09. The lowest BCUT2D eigenvalue weighted by Crippen LogP contribution is -2.37. The molecule has 1 amide bonds. The number of halogens is 1. The van der Waals surface area contributed by atoms with Crippen molar-refractivity contribution in [2.45, 2.75) is 31.5 Å². The molecule has 0 spiro atoms. The smallest absolute Gasteiger partial charge is 0.220 e. The summed E-state index contributed by atoms with van der Waals surface area (Å²) in [4.78, 5) is 23.5. The number of aromatic nitrogens is 4. The topological polar surface area (TPSA) is 85.2 Å². The summed E-state index contributed by atoms with van der Waals surface area (Å²) in [6.45, 7) is 6.25. The second kappa shape index (κ2) is 10.2. The third-order valence-electron chi connectivity index (χ3n) is 4.22. The fraction of sp³-hybridized carbons (Fsp3) is 0.647. The van der Waals surface area contributed by atoms with Gasteiger partial charge in [0.2, 0.25) is 5.91 Å². The van der Waals surface area contributed by atoms with Gasteiger partial charge in [0, 0.05) is 31.4 Å². The Balaban J connectivity index is 1.78. The molecule has 27 heavy (non-hydrogen) atoms. The quantitative estimate of drug-likeness (QED) is 0.351. The Kier molecular flexibility index (Phi) is 7.71. The van der Waals surface area contributed by atoms with E-state index < -0.39 is 0 Å². The minimum atomic E-state index is 0.0665. The summed E-state index contributed by atoms with van der Waals surface area (Å²) in [5.41, 5.74) is 0.817. The lowest BCUT2D eigenvalue weighted by atomic mass is 10.3. The van der Waals surface area contributed by atoms with Gasteiger partial charge in [0.05, 0.1) is 31.3 Å². The molecule has 0 saturated carbocycles. The molecule has 2 aromatic rings. The Morgan fingerprint density at radius 1 is 1.37 bits per heavy atom. The van der Waals surface area contributed by atoms with Crippen LogP contribution < -0.4 is 10.2 Å². The number of ether oxygens (including phenoxy) is 1. The average Bonchev–Trinajstić information content (AvgIpc) is 3.10. The van der Waals surface area contributed by atoms with Gasteiger partial charge in [-0.25, -0.2) is 14.6 Å². The first-order valence-electron chi connectivity index (χ1n) is 9.24. The molecule has 1 saturated heterocycles. The van der Waals surface area contributed by atoms with Crippen LogP contribution in [-0.2, 0) is 16.1 Å². The van der Waals surface area contributed by atoms with Gasteiger partial charge >= 0.3 is 0 Å². The number of carbonyl (C=O) groups excluding carboxylic acids is 1. The molecule has 0 unspecified atom stereocenters. The molecule has 1 N–H and O–H groups in total. The van der Waals surface area contributed by atoms with Crippen molar-refractivity contribution in [1.29, 1.82) is 0 Å². The van der Waals surface area contributed by atoms with E-state index in [4.69, 9.17) is 14.7 Å². The zero-order chi connectivity index (χ0) is 19.1. The van der Waals surface area contributed by atoms with Gasteiger partial charge in [0.15, 0.2) is 10.8 Å². The third kappa shape index (κ3) is 5.32. The molecule has 10 heteroatoms. The predicted octanol–water partition coefficient (Wildman–Crippen LogP) is 2.07. The highest BCUT2D eigenvalue weighted by atomic mass is 79.9. The first kappa shape index (κ1) is 20.3. The lowest BCUT2D eigenvalue weighted by molar-refractivity contribution is -0.121. The molecule has 0 bridgehead atoms. The van der Waals surface area contributed by atoms with Gasteiger partial charge in [-0.2, -0.15) is 5.10 Å². The Hall–Kier alpha value is -1.39. The molecule has 1 fully saturated rings. The zero-order valence-electron chi connectivity index (χ0n) is 15.5. The molecule has 0 aliphatic carbocycles. The lowest BCUT2D eigenvalue weighted by Gasteiger charge is -2.28. The molecule has 3 rings (SSSR count). The van der Waals surface area contributed by atoms with Crippen molar-refractivity contribution in [3.05, 3.63) is 6.20 Å². The van der Waals surface area contributed by atoms with Crippen LogP contribution in [0.1, 0.15) is 19.8 Å². The summed E-state index contributed by atoms with van der Waals surface area (Å²) in [7, 11) is 0. The van der Waals surface area contributed by atoms with Crippen LogP contribution in [-0.4, -0.2) is 69.6 Å². The predicted molar refractivity (Wildman–Crippen MR) is 111 cm³/mol. The molecule has 8 nitrogen and oxygen atoms in total. The van der Waals surface area contributed by atoms with Crippen molar-refractivity contribution >= 4 is 50.5 Å². The van der Waals surface area contributed by atoms with E-state index in [2.05, 4.69) is 38.2 Å². The molecular formula is C17H25BrN6O2S. The highest BCUT2D eigenvalue weighted by Crippen LogP contribution is 2.27. The molecule has 1 aliphatic rings. The number of alkyl halides is 1. The summed E-state index contributed by atoms with van der Waals surface area (Å²) in [6.07, 6.45) is 3.20. The van der Waals surface area contributed by atoms with Crippen molar-refractivity contribution in [1.82, 2.24) is 25.1 Å². The molecular weight excluding hydrogens is 432 g/mol. The van der Waals surface area contributed by atoms with Gasteiger partial charge in [0.1, 0.15) is 5.82 Å². The van der Waals surface area contributed by atoms with E-state index in [-0.39, 0.29) is 5.91 Å². The SMILES string of the molecule is CCSc1nc(N2CCOCC2)c2cnn(CCNC(=O)CCCBr)c2n1. The number of nitrogens with zero attached hydrogens (tertiary/aromatic N) is 5. The fourth-order valence-corrected chi connectivity index (χ4v) is 3.75. The van der Waals surface area contributed by atoms with E-state index in [1.54, 1.807) is 11.8 Å². The Bertz CT molecular complexity index is 765. The first-order chi connectivity index (χ1) is 13.2. The molecule has 0 atom stereocenters. The van der Waals surface area contributed by atoms with Crippen molar-refractivity contribution in [2.75, 3.05) is 48.8 Å². The summed E-state index contributed by atoms with van der Waals surface area (Å²) in [5.74, 6) is 1.90. The third-order valence-corrected chi connectivity index (χ3v) is 5.51. The van der Waals surface area contributed by atoms with Gasteiger partial charge in [-0.05, 0) is 12.2 Å². The van der Waals surface area contributed by atoms with Crippen LogP contribution in [0.4, 0.5) is 5.82 Å². The number of anilines is 1. The number of fused-ring (bicyclic) bond motifs is 1. The van der Waals surface area contributed by atoms with Crippen LogP contribution in [0.25, 0.3) is 11.0 Å². The van der Waals surface area contributed by atoms with Gasteiger partial charge < -0.3 is 15.0 Å². The van der Waals surface area contributed by atoms with Crippen LogP contribution in [0.15, 0.2) is 11.4 Å². The van der Waals surface area contributed by atoms with Gasteiger partial charge in [-0.3, -0.25) is 4.79 Å². The van der Waals surface area contributed by atoms with E-state index in [0.29, 0.717) is 32.7 Å². The number of hydrogen-bond donors (Lipinski definition) is 1. The van der Waals surface area contributed by atoms with Crippen LogP contribution in [0.3, 0.4) is 0 Å². The summed E-state index contributed by atoms with van der Waals surface area (Å²) >= 11 is 4.96. The van der Waals surface area contributed by atoms with Crippen LogP contribution in [0.5, 0.6) is 0 Å². The van der Waals surface area contributed by atoms with E-state index in [0.717, 1.165) is 52.6 Å². The monoisotopic (exact) mass is 456 g/mol. The minimum Gasteiger partial charge on any atom is -0.378 e. The second-order valence-corrected chi connectivity index (χ2v) is 8.13. The second-order valence-electron chi connectivity index (χ2n) is 6.11. The van der Waals surface area contributed by atoms with Crippen LogP contribution in [0, 0.1) is 0 Å². The standard InChI is InChI=1S/C17H25BrN6O2S/c1-2-27-17-21-15(23-8-10-26-11-9-23)13-12-20-24(16(13)22-17)7-6-19-14(25)4-3-5-18/h12H,2-11H2,1H3,(H,19,25). The fourth-order valence-electron chi connectivity index (χ4n) is 2.91. The highest BCUT2D eigenvalue weighted by Gasteiger charge is 2.20. The van der Waals surface area contributed by atoms with Gasteiger partial charge in [-0.15, -0.1) is 0 Å². The maximum absolute atomic E-state index is 11.8. The molecule has 2 aromatic heterocycles. The van der Waals surface area contributed by atoms with Crippen LogP contribution in [0.2, 0.25) is 0 Å². The van der Waals surface area contributed by atoms with Crippen molar-refractivity contribution in [2.24, 2.45) is 0 Å². The van der Waals surface area contributed by atoms with Crippen molar-refractivity contribution in [3.63, 3.8) is 0 Å². The van der Waals surface area contributed by atoms with E-state index in [1.807, 2.05) is 10.9 Å². The summed E-state index contributed by atoms with van der Waals surface area (Å²) in [6, 6.07) is 0. The number of thioether (sulfide) groups is 1. The first-order valence-corrected chi connectivity index (χ1v) is 11.4. The van der Waals surface area contributed by atoms with Crippen LogP contribution >= 0.6 is 27.7 Å². The maximum atomic E-state index is 11.8. The normalized spacial score (nSPS) is 14.7. The summed E-state index contributed by atoms with van der Waals surface area (Å²) < 4.78 is 7.32. The molecule has 3 heterocycles. The zero-order valence-corrected chi connectivity index (χ0v) is 17.9. The number of hydrogen-bond acceptors (Lipinski definition) is 7. The number of morpholine rings is 1. The molecule has 1 aliphatic heterocycles. The minimum absolute atomic E-state index is 0.0665. The Labute approximate surface area is 171 Å². The van der Waals surface area contributed by atoms with E-state index in [1.165, 1.54) is 0 Å². The number of carbonyl (C=O) groups is 1. The van der Waals surface area contributed by atoms with Crippen molar-refractivity contribution in [3.8, 4) is 0 Å². The number of amides is 1. The van der Waals surface area contributed by atoms with Gasteiger partial charge in [0.25, 0.3) is 0 Å². The van der Waals surface area contributed by atoms with Crippen molar-refractivity contribution < 1.29 is 9.53 Å². The largest absolute Gasteiger partial charge is 0.378 e. The molecule has 148 valence electrons. The average molecular weight is 457 g/mol. The molecule has 0 radical (unpaired) electrons.